The zero-order valence-electron chi connectivity index (χ0n) is 22.7. The molecule has 214 valence electrons. The molecule has 6 atom stereocenters. The van der Waals surface area contributed by atoms with E-state index < -0.39 is 24.2 Å². The van der Waals surface area contributed by atoms with Crippen LogP contribution < -0.4 is 16.4 Å². The second kappa shape index (κ2) is 11.6. The van der Waals surface area contributed by atoms with Crippen LogP contribution in [-0.4, -0.2) is 77.2 Å². The SMILES string of the molecule is CCCSc1nc(N[C@@H]2C[C@H]2c2ccccc2)c2nnn([C@H]3C[C@@H](C(=O)NC4CCC(N)CC4)[C@H](O)[C@@H]3O)c2n1. The number of anilines is 1. The van der Waals surface area contributed by atoms with Crippen LogP contribution >= 0.6 is 11.8 Å². The summed E-state index contributed by atoms with van der Waals surface area (Å²) in [4.78, 5) is 22.7. The second-order valence-corrected chi connectivity index (χ2v) is 12.5. The highest BCUT2D eigenvalue weighted by molar-refractivity contribution is 7.99. The lowest BCUT2D eigenvalue weighted by atomic mass is 9.91. The number of hydrogen-bond donors (Lipinski definition) is 5. The highest BCUT2D eigenvalue weighted by Gasteiger charge is 2.47. The van der Waals surface area contributed by atoms with Crippen LogP contribution in [0.1, 0.15) is 69.4 Å². The highest BCUT2D eigenvalue weighted by atomic mass is 32.2. The highest BCUT2D eigenvalue weighted by Crippen LogP contribution is 2.44. The van der Waals surface area contributed by atoms with Gasteiger partial charge < -0.3 is 26.6 Å². The maximum atomic E-state index is 13.1. The number of aliphatic hydroxyl groups is 2. The minimum Gasteiger partial charge on any atom is -0.390 e. The molecule has 3 aliphatic rings. The lowest BCUT2D eigenvalue weighted by Gasteiger charge is -2.28. The fourth-order valence-corrected chi connectivity index (χ4v) is 6.77. The minimum atomic E-state index is -1.21. The molecule has 2 aromatic heterocycles. The number of fused-ring (bicyclic) bond motifs is 1. The number of hydrogen-bond acceptors (Lipinski definition) is 10. The summed E-state index contributed by atoms with van der Waals surface area (Å²) in [6.45, 7) is 2.11. The van der Waals surface area contributed by atoms with Gasteiger partial charge in [-0.05, 0) is 50.5 Å². The number of nitrogens with zero attached hydrogens (tertiary/aromatic N) is 5. The quantitative estimate of drug-likeness (QED) is 0.192. The fourth-order valence-electron chi connectivity index (χ4n) is 6.07. The van der Waals surface area contributed by atoms with Gasteiger partial charge >= 0.3 is 0 Å². The Kier molecular flexibility index (Phi) is 7.93. The second-order valence-electron chi connectivity index (χ2n) is 11.4. The number of aromatic nitrogens is 5. The van der Waals surface area contributed by atoms with E-state index in [4.69, 9.17) is 15.7 Å². The maximum Gasteiger partial charge on any atom is 0.226 e. The number of carbonyl (C=O) groups is 1. The molecule has 3 fully saturated rings. The smallest absolute Gasteiger partial charge is 0.226 e. The van der Waals surface area contributed by atoms with E-state index in [0.29, 0.717) is 28.1 Å². The van der Waals surface area contributed by atoms with Gasteiger partial charge in [0.15, 0.2) is 22.1 Å². The van der Waals surface area contributed by atoms with Crippen molar-refractivity contribution < 1.29 is 15.0 Å². The maximum absolute atomic E-state index is 13.1. The van der Waals surface area contributed by atoms with E-state index in [2.05, 4.69) is 52.1 Å². The average Bonchev–Trinajstić information content (AvgIpc) is 3.50. The molecule has 3 aliphatic carbocycles. The Labute approximate surface area is 237 Å². The van der Waals surface area contributed by atoms with Gasteiger partial charge in [0.2, 0.25) is 5.91 Å². The molecule has 2 heterocycles. The van der Waals surface area contributed by atoms with Crippen molar-refractivity contribution in [1.29, 1.82) is 0 Å². The first-order valence-electron chi connectivity index (χ1n) is 14.4. The first-order valence-corrected chi connectivity index (χ1v) is 15.4. The summed E-state index contributed by atoms with van der Waals surface area (Å²) in [5.74, 6) is 0.897. The van der Waals surface area contributed by atoms with Crippen LogP contribution in [-0.2, 0) is 4.79 Å². The summed E-state index contributed by atoms with van der Waals surface area (Å²) in [6, 6.07) is 10.2. The van der Waals surface area contributed by atoms with Gasteiger partial charge in [-0.1, -0.05) is 54.2 Å². The van der Waals surface area contributed by atoms with Crippen molar-refractivity contribution in [2.24, 2.45) is 11.7 Å². The Balaban J connectivity index is 1.23. The van der Waals surface area contributed by atoms with Crippen molar-refractivity contribution >= 4 is 34.7 Å². The molecule has 0 radical (unpaired) electrons. The molecule has 1 amide bonds. The summed E-state index contributed by atoms with van der Waals surface area (Å²) in [6.07, 6.45) is 3.22. The number of thioether (sulfide) groups is 1. The van der Waals surface area contributed by atoms with Gasteiger partial charge in [0.05, 0.1) is 18.1 Å². The predicted molar refractivity (Wildman–Crippen MR) is 153 cm³/mol. The molecule has 11 nitrogen and oxygen atoms in total. The van der Waals surface area contributed by atoms with Gasteiger partial charge in [-0.3, -0.25) is 4.79 Å². The molecule has 40 heavy (non-hydrogen) atoms. The van der Waals surface area contributed by atoms with Crippen molar-refractivity contribution in [1.82, 2.24) is 30.3 Å². The molecule has 0 spiro atoms. The van der Waals surface area contributed by atoms with Crippen LogP contribution in [0.3, 0.4) is 0 Å². The molecule has 0 saturated heterocycles. The number of carbonyl (C=O) groups excluding carboxylic acids is 1. The Hall–Kier alpha value is -2.80. The first kappa shape index (κ1) is 27.4. The van der Waals surface area contributed by atoms with Crippen molar-refractivity contribution in [3.8, 4) is 0 Å². The Morgan fingerprint density at radius 2 is 1.88 bits per heavy atom. The number of amides is 1. The molecular formula is C28H38N8O3S. The fraction of sp³-hybridized carbons (Fsp3) is 0.607. The zero-order chi connectivity index (χ0) is 27.8. The summed E-state index contributed by atoms with van der Waals surface area (Å²) < 4.78 is 1.57. The third kappa shape index (κ3) is 5.54. The van der Waals surface area contributed by atoms with Crippen LogP contribution in [0.25, 0.3) is 11.2 Å². The first-order chi connectivity index (χ1) is 19.4. The van der Waals surface area contributed by atoms with E-state index in [1.165, 1.54) is 5.56 Å². The topological polar surface area (TPSA) is 164 Å². The van der Waals surface area contributed by atoms with E-state index in [-0.39, 0.29) is 30.5 Å². The average molecular weight is 567 g/mol. The molecule has 0 aliphatic heterocycles. The van der Waals surface area contributed by atoms with Gasteiger partial charge in [0.1, 0.15) is 6.10 Å². The molecule has 12 heteroatoms. The van der Waals surface area contributed by atoms with Crippen LogP contribution in [0.4, 0.5) is 5.82 Å². The Bertz CT molecular complexity index is 1330. The lowest BCUT2D eigenvalue weighted by molar-refractivity contribution is -0.129. The number of nitrogens with one attached hydrogen (secondary N) is 2. The molecule has 6 N–H and O–H groups in total. The van der Waals surface area contributed by atoms with Gasteiger partial charge in [-0.2, -0.15) is 0 Å². The van der Waals surface area contributed by atoms with Gasteiger partial charge in [-0.15, -0.1) is 5.10 Å². The number of rotatable bonds is 9. The Morgan fingerprint density at radius 3 is 2.62 bits per heavy atom. The van der Waals surface area contributed by atoms with E-state index in [9.17, 15) is 15.0 Å². The molecule has 6 rings (SSSR count). The zero-order valence-corrected chi connectivity index (χ0v) is 23.5. The molecule has 1 aromatic carbocycles. The number of aliphatic hydroxyl groups excluding tert-OH is 2. The largest absolute Gasteiger partial charge is 0.390 e. The molecule has 0 unspecified atom stereocenters. The standard InChI is InChI=1S/C28H38N8O3S/c1-2-12-40-28-32-25(31-20-13-18(20)15-6-4-3-5-7-15)22-26(33-28)36(35-34-22)21-14-19(23(37)24(21)38)27(39)30-17-10-8-16(29)9-11-17/h3-7,16-21,23-24,37-38H,2,8-14,29H2,1H3,(H,30,39)(H,31,32,33)/t16?,17?,18-,19+,20+,21-,23-,24+/m0/s1. The van der Waals surface area contributed by atoms with E-state index in [1.807, 2.05) is 6.07 Å². The summed E-state index contributed by atoms with van der Waals surface area (Å²) in [5.41, 5.74) is 8.30. The van der Waals surface area contributed by atoms with Crippen molar-refractivity contribution in [2.45, 2.75) is 99.3 Å². The molecule has 0 bridgehead atoms. The molecule has 3 aromatic rings. The van der Waals surface area contributed by atoms with Crippen LogP contribution in [0.5, 0.6) is 0 Å². The Morgan fingerprint density at radius 1 is 1.10 bits per heavy atom. The minimum absolute atomic E-state index is 0.0459. The summed E-state index contributed by atoms with van der Waals surface area (Å²) in [5, 5.41) is 37.9. The third-order valence-corrected chi connectivity index (χ3v) is 9.55. The molecular weight excluding hydrogens is 528 g/mol. The van der Waals surface area contributed by atoms with Crippen LogP contribution in [0, 0.1) is 5.92 Å². The van der Waals surface area contributed by atoms with Crippen molar-refractivity contribution in [3.05, 3.63) is 35.9 Å². The summed E-state index contributed by atoms with van der Waals surface area (Å²) >= 11 is 1.56. The van der Waals surface area contributed by atoms with Gasteiger partial charge in [-0.25, -0.2) is 14.6 Å². The van der Waals surface area contributed by atoms with Crippen LogP contribution in [0.2, 0.25) is 0 Å². The van der Waals surface area contributed by atoms with Crippen molar-refractivity contribution in [3.63, 3.8) is 0 Å². The predicted octanol–water partition coefficient (Wildman–Crippen LogP) is 2.36. The van der Waals surface area contributed by atoms with Gasteiger partial charge in [0.25, 0.3) is 0 Å². The monoisotopic (exact) mass is 566 g/mol. The normalized spacial score (nSPS) is 31.8. The van der Waals surface area contributed by atoms with Crippen molar-refractivity contribution in [2.75, 3.05) is 11.1 Å². The summed E-state index contributed by atoms with van der Waals surface area (Å²) in [7, 11) is 0. The molecule has 3 saturated carbocycles. The van der Waals surface area contributed by atoms with Gasteiger partial charge in [0, 0.05) is 29.8 Å². The van der Waals surface area contributed by atoms with E-state index in [1.54, 1.807) is 16.4 Å². The lowest BCUT2D eigenvalue weighted by Crippen LogP contribution is -2.45. The number of nitrogens with two attached hydrogens (primary N) is 1. The third-order valence-electron chi connectivity index (χ3n) is 8.50. The number of benzene rings is 1. The van der Waals surface area contributed by atoms with E-state index in [0.717, 1.165) is 44.3 Å². The van der Waals surface area contributed by atoms with E-state index >= 15 is 0 Å². The van der Waals surface area contributed by atoms with Crippen LogP contribution in [0.15, 0.2) is 35.5 Å².